The normalized spacial score (nSPS) is 17.9. The number of fused-ring (bicyclic) bond motifs is 1. The molecule has 0 saturated carbocycles. The van der Waals surface area contributed by atoms with Crippen molar-refractivity contribution in [3.63, 3.8) is 0 Å². The van der Waals surface area contributed by atoms with Crippen LogP contribution in [0.4, 0.5) is 0 Å². The topological polar surface area (TPSA) is 50.4 Å². The van der Waals surface area contributed by atoms with Gasteiger partial charge in [-0.05, 0) is 49.2 Å². The fourth-order valence-electron chi connectivity index (χ4n) is 3.73. The van der Waals surface area contributed by atoms with Gasteiger partial charge in [-0.25, -0.2) is 4.98 Å². The van der Waals surface area contributed by atoms with E-state index in [1.54, 1.807) is 14.2 Å². The fraction of sp³-hybridized carbons (Fsp3) is 0.350. The van der Waals surface area contributed by atoms with Crippen molar-refractivity contribution in [2.75, 3.05) is 20.8 Å². The molecule has 3 aromatic rings. The molecular formula is C20H23N3O2. The minimum atomic E-state index is 0.382. The van der Waals surface area contributed by atoms with Gasteiger partial charge in [0, 0.05) is 6.04 Å². The molecular weight excluding hydrogens is 314 g/mol. The highest BCUT2D eigenvalue weighted by atomic mass is 16.5. The van der Waals surface area contributed by atoms with Crippen LogP contribution in [0.1, 0.15) is 30.3 Å². The number of rotatable bonds is 5. The van der Waals surface area contributed by atoms with E-state index in [9.17, 15) is 0 Å². The summed E-state index contributed by atoms with van der Waals surface area (Å²) in [6.07, 6.45) is 2.34. The Morgan fingerprint density at radius 1 is 1.12 bits per heavy atom. The zero-order valence-electron chi connectivity index (χ0n) is 14.7. The molecule has 1 aliphatic rings. The smallest absolute Gasteiger partial charge is 0.161 e. The standard InChI is InChI=1S/C20H23N3O2/c1-24-18-10-9-14(12-19(18)25-2)17-8-5-11-23(17)13-20-21-15-6-3-4-7-16(15)22-20/h3-4,6-7,9-10,12,17H,5,8,11,13H2,1-2H3,(H,21,22)/t17-/m1/s1. The molecule has 0 spiro atoms. The van der Waals surface area contributed by atoms with Gasteiger partial charge in [-0.15, -0.1) is 0 Å². The maximum absolute atomic E-state index is 5.47. The SMILES string of the molecule is COc1ccc([C@H]2CCCN2Cc2nc3ccccc3[nH]2)cc1OC. The van der Waals surface area contributed by atoms with Gasteiger partial charge in [0.1, 0.15) is 5.82 Å². The number of para-hydroxylation sites is 2. The van der Waals surface area contributed by atoms with Crippen LogP contribution >= 0.6 is 0 Å². The van der Waals surface area contributed by atoms with Crippen molar-refractivity contribution >= 4 is 11.0 Å². The highest BCUT2D eigenvalue weighted by Crippen LogP contribution is 2.37. The number of benzene rings is 2. The van der Waals surface area contributed by atoms with Gasteiger partial charge in [0.05, 0.1) is 31.8 Å². The predicted octanol–water partition coefficient (Wildman–Crippen LogP) is 3.92. The summed E-state index contributed by atoms with van der Waals surface area (Å²) in [4.78, 5) is 10.6. The van der Waals surface area contributed by atoms with Crippen LogP contribution in [0, 0.1) is 0 Å². The highest BCUT2D eigenvalue weighted by Gasteiger charge is 2.27. The molecule has 0 bridgehead atoms. The van der Waals surface area contributed by atoms with Crippen molar-refractivity contribution in [1.29, 1.82) is 0 Å². The molecule has 5 heteroatoms. The van der Waals surface area contributed by atoms with Crippen LogP contribution in [-0.2, 0) is 6.54 Å². The average molecular weight is 337 g/mol. The Labute approximate surface area is 147 Å². The van der Waals surface area contributed by atoms with Gasteiger partial charge >= 0.3 is 0 Å². The summed E-state index contributed by atoms with van der Waals surface area (Å²) in [7, 11) is 3.35. The van der Waals surface area contributed by atoms with E-state index in [4.69, 9.17) is 14.5 Å². The third-order valence-corrected chi connectivity index (χ3v) is 4.95. The second kappa shape index (κ2) is 6.76. The maximum atomic E-state index is 5.47. The number of H-pyrrole nitrogens is 1. The molecule has 0 aliphatic carbocycles. The molecule has 1 N–H and O–H groups in total. The Hall–Kier alpha value is -2.53. The van der Waals surface area contributed by atoms with E-state index >= 15 is 0 Å². The number of imidazole rings is 1. The van der Waals surface area contributed by atoms with Crippen LogP contribution in [0.3, 0.4) is 0 Å². The van der Waals surface area contributed by atoms with Crippen molar-refractivity contribution in [2.24, 2.45) is 0 Å². The lowest BCUT2D eigenvalue weighted by molar-refractivity contribution is 0.242. The van der Waals surface area contributed by atoms with Crippen molar-refractivity contribution in [1.82, 2.24) is 14.9 Å². The molecule has 0 radical (unpaired) electrons. The molecule has 0 amide bonds. The number of hydrogen-bond acceptors (Lipinski definition) is 4. The number of hydrogen-bond donors (Lipinski definition) is 1. The molecule has 4 rings (SSSR count). The van der Waals surface area contributed by atoms with Crippen LogP contribution < -0.4 is 9.47 Å². The first-order valence-electron chi connectivity index (χ1n) is 8.68. The Morgan fingerprint density at radius 2 is 1.96 bits per heavy atom. The number of aromatic nitrogens is 2. The summed E-state index contributed by atoms with van der Waals surface area (Å²) in [5.41, 5.74) is 3.39. The third kappa shape index (κ3) is 3.07. The highest BCUT2D eigenvalue weighted by molar-refractivity contribution is 5.74. The molecule has 2 heterocycles. The lowest BCUT2D eigenvalue weighted by Gasteiger charge is -2.24. The van der Waals surface area contributed by atoms with Crippen molar-refractivity contribution in [3.8, 4) is 11.5 Å². The number of ether oxygens (including phenoxy) is 2. The molecule has 2 aromatic carbocycles. The monoisotopic (exact) mass is 337 g/mol. The van der Waals surface area contributed by atoms with E-state index in [1.165, 1.54) is 12.0 Å². The second-order valence-electron chi connectivity index (χ2n) is 6.44. The van der Waals surface area contributed by atoms with E-state index in [0.29, 0.717) is 6.04 Å². The number of nitrogens with zero attached hydrogens (tertiary/aromatic N) is 2. The first kappa shape index (κ1) is 16.0. The number of methoxy groups -OCH3 is 2. The summed E-state index contributed by atoms with van der Waals surface area (Å²) >= 11 is 0. The van der Waals surface area contributed by atoms with Crippen molar-refractivity contribution < 1.29 is 9.47 Å². The number of aromatic amines is 1. The van der Waals surface area contributed by atoms with Crippen molar-refractivity contribution in [2.45, 2.75) is 25.4 Å². The number of nitrogens with one attached hydrogen (secondary N) is 1. The molecule has 0 unspecified atom stereocenters. The quantitative estimate of drug-likeness (QED) is 0.767. The maximum Gasteiger partial charge on any atom is 0.161 e. The molecule has 5 nitrogen and oxygen atoms in total. The van der Waals surface area contributed by atoms with Gasteiger partial charge in [0.15, 0.2) is 11.5 Å². The van der Waals surface area contributed by atoms with E-state index < -0.39 is 0 Å². The van der Waals surface area contributed by atoms with E-state index in [2.05, 4.69) is 28.1 Å². The lowest BCUT2D eigenvalue weighted by Crippen LogP contribution is -2.23. The lowest BCUT2D eigenvalue weighted by atomic mass is 10.0. The summed E-state index contributed by atoms with van der Waals surface area (Å²) in [5, 5.41) is 0. The average Bonchev–Trinajstić information content (AvgIpc) is 3.27. The van der Waals surface area contributed by atoms with Crippen molar-refractivity contribution in [3.05, 3.63) is 53.9 Å². The molecule has 1 saturated heterocycles. The second-order valence-corrected chi connectivity index (χ2v) is 6.44. The largest absolute Gasteiger partial charge is 0.493 e. The van der Waals surface area contributed by atoms with Gasteiger partial charge < -0.3 is 14.5 Å². The summed E-state index contributed by atoms with van der Waals surface area (Å²) < 4.78 is 10.8. The summed E-state index contributed by atoms with van der Waals surface area (Å²) in [6, 6.07) is 14.8. The van der Waals surface area contributed by atoms with Gasteiger partial charge in [-0.3, -0.25) is 4.90 Å². The zero-order valence-corrected chi connectivity index (χ0v) is 14.7. The van der Waals surface area contributed by atoms with Crippen LogP contribution in [0.25, 0.3) is 11.0 Å². The summed E-state index contributed by atoms with van der Waals surface area (Å²) in [6.45, 7) is 1.91. The molecule has 1 atom stereocenters. The molecule has 1 aliphatic heterocycles. The molecule has 25 heavy (non-hydrogen) atoms. The Balaban J connectivity index is 1.57. The minimum absolute atomic E-state index is 0.382. The van der Waals surface area contributed by atoms with Crippen LogP contribution in [0.2, 0.25) is 0 Å². The van der Waals surface area contributed by atoms with E-state index in [1.807, 2.05) is 24.3 Å². The summed E-state index contributed by atoms with van der Waals surface area (Å²) in [5.74, 6) is 2.58. The van der Waals surface area contributed by atoms with Gasteiger partial charge in [0.25, 0.3) is 0 Å². The van der Waals surface area contributed by atoms with Gasteiger partial charge in [0.2, 0.25) is 0 Å². The first-order valence-corrected chi connectivity index (χ1v) is 8.68. The Kier molecular flexibility index (Phi) is 4.32. The minimum Gasteiger partial charge on any atom is -0.493 e. The zero-order chi connectivity index (χ0) is 17.2. The third-order valence-electron chi connectivity index (χ3n) is 4.95. The van der Waals surface area contributed by atoms with Gasteiger partial charge in [-0.2, -0.15) is 0 Å². The Morgan fingerprint density at radius 3 is 2.76 bits per heavy atom. The predicted molar refractivity (Wildman–Crippen MR) is 98.0 cm³/mol. The van der Waals surface area contributed by atoms with Gasteiger partial charge in [-0.1, -0.05) is 18.2 Å². The molecule has 1 fully saturated rings. The molecule has 1 aromatic heterocycles. The fourth-order valence-corrected chi connectivity index (χ4v) is 3.73. The van der Waals surface area contributed by atoms with E-state index in [-0.39, 0.29) is 0 Å². The first-order chi connectivity index (χ1) is 12.3. The molecule has 130 valence electrons. The van der Waals surface area contributed by atoms with E-state index in [0.717, 1.165) is 47.9 Å². The number of likely N-dealkylation sites (tertiary alicyclic amines) is 1. The van der Waals surface area contributed by atoms with Crippen LogP contribution in [0.15, 0.2) is 42.5 Å². The Bertz CT molecular complexity index is 841. The van der Waals surface area contributed by atoms with Crippen LogP contribution in [-0.4, -0.2) is 35.6 Å². The van der Waals surface area contributed by atoms with Crippen LogP contribution in [0.5, 0.6) is 11.5 Å².